The van der Waals surface area contributed by atoms with Crippen LogP contribution < -0.4 is 11.1 Å². The van der Waals surface area contributed by atoms with Gasteiger partial charge in [-0.3, -0.25) is 4.79 Å². The Balaban J connectivity index is 0.00000338. The summed E-state index contributed by atoms with van der Waals surface area (Å²) in [4.78, 5) is 14.0. The van der Waals surface area contributed by atoms with Crippen molar-refractivity contribution < 1.29 is 4.79 Å². The largest absolute Gasteiger partial charge is 0.350 e. The van der Waals surface area contributed by atoms with Crippen molar-refractivity contribution in [1.82, 2.24) is 25.5 Å². The van der Waals surface area contributed by atoms with Crippen LogP contribution in [0, 0.1) is 0 Å². The molecule has 1 aromatic carbocycles. The SMILES string of the molecule is CCCCC(CN)NC(=O)C(CC)n1nnc(-c2ccc(Cl)cc2)n1.Cl. The monoisotopic (exact) mass is 400 g/mol. The second kappa shape index (κ2) is 11.1. The van der Waals surface area contributed by atoms with Gasteiger partial charge in [-0.2, -0.15) is 4.80 Å². The van der Waals surface area contributed by atoms with Gasteiger partial charge in [0.1, 0.15) is 0 Å². The number of benzene rings is 1. The van der Waals surface area contributed by atoms with Crippen LogP contribution in [0.25, 0.3) is 11.4 Å². The minimum absolute atomic E-state index is 0. The molecular weight excluding hydrogens is 375 g/mol. The van der Waals surface area contributed by atoms with Gasteiger partial charge in [0, 0.05) is 23.2 Å². The lowest BCUT2D eigenvalue weighted by molar-refractivity contribution is -0.125. The zero-order valence-corrected chi connectivity index (χ0v) is 16.6. The Morgan fingerprint density at radius 3 is 2.58 bits per heavy atom. The maximum atomic E-state index is 12.6. The van der Waals surface area contributed by atoms with E-state index in [1.807, 2.05) is 19.1 Å². The van der Waals surface area contributed by atoms with Gasteiger partial charge >= 0.3 is 0 Å². The molecule has 0 radical (unpaired) electrons. The lowest BCUT2D eigenvalue weighted by Gasteiger charge is -2.20. The number of nitrogens with zero attached hydrogens (tertiary/aromatic N) is 4. The van der Waals surface area contributed by atoms with Gasteiger partial charge in [0.15, 0.2) is 6.04 Å². The number of carbonyl (C=O) groups excluding carboxylic acids is 1. The lowest BCUT2D eigenvalue weighted by atomic mass is 10.1. The zero-order valence-electron chi connectivity index (χ0n) is 15.1. The summed E-state index contributed by atoms with van der Waals surface area (Å²) < 4.78 is 0. The molecule has 1 amide bonds. The molecule has 0 fully saturated rings. The summed E-state index contributed by atoms with van der Waals surface area (Å²) in [6, 6.07) is 6.63. The number of aromatic nitrogens is 4. The summed E-state index contributed by atoms with van der Waals surface area (Å²) in [5.41, 5.74) is 6.56. The maximum absolute atomic E-state index is 12.6. The molecule has 2 rings (SSSR count). The Morgan fingerprint density at radius 2 is 2.00 bits per heavy atom. The van der Waals surface area contributed by atoms with E-state index in [4.69, 9.17) is 17.3 Å². The minimum atomic E-state index is -0.510. The van der Waals surface area contributed by atoms with E-state index in [1.54, 1.807) is 12.1 Å². The van der Waals surface area contributed by atoms with Gasteiger partial charge in [-0.15, -0.1) is 22.6 Å². The second-order valence-electron chi connectivity index (χ2n) is 5.95. The highest BCUT2D eigenvalue weighted by atomic mass is 35.5. The van der Waals surface area contributed by atoms with Crippen LogP contribution in [-0.2, 0) is 4.79 Å². The van der Waals surface area contributed by atoms with E-state index in [1.165, 1.54) is 4.80 Å². The number of hydrogen-bond acceptors (Lipinski definition) is 5. The zero-order chi connectivity index (χ0) is 18.2. The van der Waals surface area contributed by atoms with Crippen LogP contribution in [0.15, 0.2) is 24.3 Å². The van der Waals surface area contributed by atoms with Crippen LogP contribution in [0.3, 0.4) is 0 Å². The third-order valence-corrected chi connectivity index (χ3v) is 4.29. The number of rotatable bonds is 9. The Hall–Kier alpha value is -1.70. The summed E-state index contributed by atoms with van der Waals surface area (Å²) >= 11 is 5.89. The highest BCUT2D eigenvalue weighted by molar-refractivity contribution is 6.30. The molecule has 0 spiro atoms. The van der Waals surface area contributed by atoms with Crippen molar-refractivity contribution in [2.45, 2.75) is 51.6 Å². The quantitative estimate of drug-likeness (QED) is 0.673. The molecule has 2 atom stereocenters. The second-order valence-corrected chi connectivity index (χ2v) is 6.38. The first-order valence-corrected chi connectivity index (χ1v) is 9.02. The fourth-order valence-electron chi connectivity index (χ4n) is 2.52. The van der Waals surface area contributed by atoms with Crippen molar-refractivity contribution in [3.05, 3.63) is 29.3 Å². The Kier molecular flexibility index (Phi) is 9.54. The van der Waals surface area contributed by atoms with Crippen molar-refractivity contribution in [2.75, 3.05) is 6.54 Å². The molecule has 2 unspecified atom stereocenters. The van der Waals surface area contributed by atoms with Gasteiger partial charge in [0.2, 0.25) is 11.7 Å². The number of tetrazole rings is 1. The highest BCUT2D eigenvalue weighted by Gasteiger charge is 2.23. The molecule has 144 valence electrons. The topological polar surface area (TPSA) is 98.7 Å². The third-order valence-electron chi connectivity index (χ3n) is 4.04. The predicted molar refractivity (Wildman–Crippen MR) is 105 cm³/mol. The van der Waals surface area contributed by atoms with E-state index in [-0.39, 0.29) is 24.4 Å². The van der Waals surface area contributed by atoms with Crippen LogP contribution >= 0.6 is 24.0 Å². The number of nitrogens with one attached hydrogen (secondary N) is 1. The minimum Gasteiger partial charge on any atom is -0.350 e. The van der Waals surface area contributed by atoms with E-state index in [0.29, 0.717) is 23.8 Å². The Labute approximate surface area is 165 Å². The molecule has 0 saturated heterocycles. The molecule has 1 heterocycles. The summed E-state index contributed by atoms with van der Waals surface area (Å²) in [6.45, 7) is 4.45. The van der Waals surface area contributed by atoms with E-state index in [0.717, 1.165) is 24.8 Å². The molecule has 9 heteroatoms. The number of nitrogens with two attached hydrogens (primary N) is 1. The standard InChI is InChI=1S/C17H25ClN6O.ClH/c1-3-5-6-14(11-19)20-17(25)15(4-2)24-22-16(21-23-24)12-7-9-13(18)10-8-12;/h7-10,14-15H,3-6,11,19H2,1-2H3,(H,20,25);1H. The molecule has 3 N–H and O–H groups in total. The van der Waals surface area contributed by atoms with Gasteiger partial charge in [-0.05, 0) is 42.3 Å². The molecule has 0 aliphatic carbocycles. The van der Waals surface area contributed by atoms with Gasteiger partial charge < -0.3 is 11.1 Å². The lowest BCUT2D eigenvalue weighted by Crippen LogP contribution is -2.44. The van der Waals surface area contributed by atoms with E-state index in [9.17, 15) is 4.79 Å². The molecule has 0 bridgehead atoms. The summed E-state index contributed by atoms with van der Waals surface area (Å²) in [5, 5.41) is 16.1. The Bertz CT molecular complexity index is 676. The first kappa shape index (κ1) is 22.3. The average molecular weight is 401 g/mol. The fraction of sp³-hybridized carbons (Fsp3) is 0.529. The predicted octanol–water partition coefficient (Wildman–Crippen LogP) is 3.00. The molecule has 0 aliphatic heterocycles. The smallest absolute Gasteiger partial charge is 0.247 e. The van der Waals surface area contributed by atoms with Gasteiger partial charge in [0.25, 0.3) is 0 Å². The number of carbonyl (C=O) groups is 1. The first-order chi connectivity index (χ1) is 12.1. The van der Waals surface area contributed by atoms with Crippen LogP contribution in [0.4, 0.5) is 0 Å². The van der Waals surface area contributed by atoms with Crippen LogP contribution in [0.1, 0.15) is 45.6 Å². The van der Waals surface area contributed by atoms with Crippen molar-refractivity contribution in [2.24, 2.45) is 5.73 Å². The number of hydrogen-bond donors (Lipinski definition) is 2. The van der Waals surface area contributed by atoms with Crippen LogP contribution in [-0.4, -0.2) is 38.7 Å². The first-order valence-electron chi connectivity index (χ1n) is 8.64. The third kappa shape index (κ3) is 5.93. The normalized spacial score (nSPS) is 12.9. The number of amides is 1. The molecule has 1 aromatic heterocycles. The van der Waals surface area contributed by atoms with Crippen molar-refractivity contribution >= 4 is 29.9 Å². The van der Waals surface area contributed by atoms with E-state index in [2.05, 4.69) is 27.7 Å². The molecule has 0 aliphatic rings. The summed E-state index contributed by atoms with van der Waals surface area (Å²) in [6.07, 6.45) is 3.53. The van der Waals surface area contributed by atoms with E-state index < -0.39 is 6.04 Å². The molecule has 7 nitrogen and oxygen atoms in total. The maximum Gasteiger partial charge on any atom is 0.247 e. The van der Waals surface area contributed by atoms with E-state index >= 15 is 0 Å². The molecule has 2 aromatic rings. The van der Waals surface area contributed by atoms with Gasteiger partial charge in [-0.1, -0.05) is 38.3 Å². The van der Waals surface area contributed by atoms with Crippen molar-refractivity contribution in [1.29, 1.82) is 0 Å². The van der Waals surface area contributed by atoms with Crippen molar-refractivity contribution in [3.63, 3.8) is 0 Å². The highest BCUT2D eigenvalue weighted by Crippen LogP contribution is 2.18. The van der Waals surface area contributed by atoms with Gasteiger partial charge in [-0.25, -0.2) is 0 Å². The van der Waals surface area contributed by atoms with Crippen molar-refractivity contribution in [3.8, 4) is 11.4 Å². The summed E-state index contributed by atoms with van der Waals surface area (Å²) in [7, 11) is 0. The molecule has 26 heavy (non-hydrogen) atoms. The molecule has 0 saturated carbocycles. The van der Waals surface area contributed by atoms with Crippen LogP contribution in [0.5, 0.6) is 0 Å². The van der Waals surface area contributed by atoms with Crippen LogP contribution in [0.2, 0.25) is 5.02 Å². The number of halogens is 2. The fourth-order valence-corrected chi connectivity index (χ4v) is 2.65. The average Bonchev–Trinajstić information content (AvgIpc) is 3.09. The molecular formula is C17H26Cl2N6O. The Morgan fingerprint density at radius 1 is 1.31 bits per heavy atom. The van der Waals surface area contributed by atoms with Gasteiger partial charge in [0.05, 0.1) is 0 Å². The summed E-state index contributed by atoms with van der Waals surface area (Å²) in [5.74, 6) is 0.332. The number of unbranched alkanes of at least 4 members (excludes halogenated alkanes) is 1.